The Hall–Kier alpha value is -3.67. The average molecular weight is 418 g/mol. The molecule has 1 heterocycles. The second kappa shape index (κ2) is 9.00. The molecule has 3 rings (SSSR count). The Labute approximate surface area is 181 Å². The van der Waals surface area contributed by atoms with E-state index in [0.717, 1.165) is 22.6 Å². The van der Waals surface area contributed by atoms with Gasteiger partial charge in [-0.2, -0.15) is 0 Å². The number of carbonyl (C=O) groups is 3. The number of nitrogens with zero attached hydrogens (tertiary/aromatic N) is 1. The molecule has 2 aromatic carbocycles. The van der Waals surface area contributed by atoms with Crippen molar-refractivity contribution < 1.29 is 19.1 Å². The predicted molar refractivity (Wildman–Crippen MR) is 120 cm³/mol. The number of aromatic nitrogens is 1. The monoisotopic (exact) mass is 418 g/mol. The van der Waals surface area contributed by atoms with Crippen molar-refractivity contribution in [2.75, 3.05) is 5.32 Å². The Morgan fingerprint density at radius 3 is 2.29 bits per heavy atom. The minimum absolute atomic E-state index is 0.0977. The highest BCUT2D eigenvalue weighted by molar-refractivity contribution is 5.99. The molecule has 3 aromatic rings. The number of esters is 1. The molecule has 0 aliphatic rings. The second-order valence-corrected chi connectivity index (χ2v) is 7.63. The molecule has 0 bridgehead atoms. The fraction of sp³-hybridized carbons (Fsp3) is 0.240. The number of nitrogens with one attached hydrogen (secondary N) is 1. The topological polar surface area (TPSA) is 77.4 Å². The first-order chi connectivity index (χ1) is 14.7. The lowest BCUT2D eigenvalue weighted by atomic mass is 10.1. The van der Waals surface area contributed by atoms with Gasteiger partial charge in [0.15, 0.2) is 11.9 Å². The Balaban J connectivity index is 1.73. The molecular formula is C25H26N2O4. The van der Waals surface area contributed by atoms with Crippen molar-refractivity contribution in [3.63, 3.8) is 0 Å². The highest BCUT2D eigenvalue weighted by Crippen LogP contribution is 2.22. The van der Waals surface area contributed by atoms with E-state index in [-0.39, 0.29) is 5.78 Å². The number of rotatable bonds is 6. The first-order valence-electron chi connectivity index (χ1n) is 10.1. The minimum atomic E-state index is -1.00. The molecule has 1 aromatic heterocycles. The Morgan fingerprint density at radius 2 is 1.65 bits per heavy atom. The fourth-order valence-corrected chi connectivity index (χ4v) is 3.40. The highest BCUT2D eigenvalue weighted by Gasteiger charge is 2.23. The van der Waals surface area contributed by atoms with E-state index in [1.807, 2.05) is 49.6 Å². The summed E-state index contributed by atoms with van der Waals surface area (Å²) in [5.74, 6) is -1.13. The molecule has 1 N–H and O–H groups in total. The molecule has 1 atom stereocenters. The summed E-state index contributed by atoms with van der Waals surface area (Å²) < 4.78 is 7.40. The van der Waals surface area contributed by atoms with Crippen molar-refractivity contribution in [1.82, 2.24) is 4.57 Å². The molecule has 160 valence electrons. The van der Waals surface area contributed by atoms with Crippen molar-refractivity contribution in [3.05, 3.63) is 82.7 Å². The summed E-state index contributed by atoms with van der Waals surface area (Å²) in [5.41, 5.74) is 5.12. The molecular weight excluding hydrogens is 392 g/mol. The lowest BCUT2D eigenvalue weighted by Crippen LogP contribution is -2.30. The zero-order chi connectivity index (χ0) is 22.7. The number of ketones is 1. The lowest BCUT2D eigenvalue weighted by Gasteiger charge is -2.14. The summed E-state index contributed by atoms with van der Waals surface area (Å²) in [6.07, 6.45) is -1.00. The van der Waals surface area contributed by atoms with E-state index >= 15 is 0 Å². The molecule has 6 heteroatoms. The molecule has 0 spiro atoms. The number of ether oxygens (including phenoxy) is 1. The van der Waals surface area contributed by atoms with Crippen LogP contribution in [0.15, 0.2) is 54.6 Å². The molecule has 0 radical (unpaired) electrons. The van der Waals surface area contributed by atoms with Crippen molar-refractivity contribution in [1.29, 1.82) is 0 Å². The number of hydrogen-bond donors (Lipinski definition) is 1. The van der Waals surface area contributed by atoms with E-state index in [9.17, 15) is 14.4 Å². The Bertz CT molecular complexity index is 1140. The summed E-state index contributed by atoms with van der Waals surface area (Å²) in [7, 11) is 0. The van der Waals surface area contributed by atoms with Crippen molar-refractivity contribution in [2.45, 2.75) is 40.7 Å². The maximum Gasteiger partial charge on any atom is 0.340 e. The van der Waals surface area contributed by atoms with Crippen LogP contribution in [0.4, 0.5) is 5.69 Å². The van der Waals surface area contributed by atoms with Gasteiger partial charge in [-0.1, -0.05) is 29.8 Å². The smallest absolute Gasteiger partial charge is 0.340 e. The van der Waals surface area contributed by atoms with Crippen molar-refractivity contribution >= 4 is 23.3 Å². The third kappa shape index (κ3) is 4.91. The van der Waals surface area contributed by atoms with Gasteiger partial charge in [-0.05, 0) is 65.0 Å². The molecule has 31 heavy (non-hydrogen) atoms. The number of aryl methyl sites for hydroxylation is 2. The normalized spacial score (nSPS) is 11.6. The number of benzene rings is 2. The SMILES string of the molecule is CC(=O)c1cccc(NC(=O)[C@@H](C)OC(=O)c2cc(C)n(-c3ccc(C)cc3)c2C)c1. The van der Waals surface area contributed by atoms with Gasteiger partial charge in [0.25, 0.3) is 5.91 Å². The van der Waals surface area contributed by atoms with Gasteiger partial charge in [0, 0.05) is 28.3 Å². The van der Waals surface area contributed by atoms with Crippen LogP contribution in [0.3, 0.4) is 0 Å². The molecule has 1 amide bonds. The number of amides is 1. The molecule has 0 saturated carbocycles. The van der Waals surface area contributed by atoms with Crippen LogP contribution < -0.4 is 5.32 Å². The number of Topliss-reactive ketones (excluding diaryl/α,β-unsaturated/α-hetero) is 1. The van der Waals surface area contributed by atoms with Crippen LogP contribution in [0.25, 0.3) is 5.69 Å². The van der Waals surface area contributed by atoms with E-state index in [2.05, 4.69) is 5.32 Å². The maximum absolute atomic E-state index is 12.8. The van der Waals surface area contributed by atoms with Crippen molar-refractivity contribution in [3.8, 4) is 5.69 Å². The zero-order valence-electron chi connectivity index (χ0n) is 18.4. The van der Waals surface area contributed by atoms with Crippen LogP contribution in [-0.2, 0) is 9.53 Å². The standard InChI is InChI=1S/C25H26N2O4/c1-15-9-11-22(12-10-15)27-16(2)13-23(17(27)3)25(30)31-19(5)24(29)26-21-8-6-7-20(14-21)18(4)28/h6-14,19H,1-5H3,(H,26,29)/t19-/m1/s1. The number of anilines is 1. The van der Waals surface area contributed by atoms with E-state index in [1.165, 1.54) is 13.8 Å². The highest BCUT2D eigenvalue weighted by atomic mass is 16.5. The average Bonchev–Trinajstić information content (AvgIpc) is 3.03. The Kier molecular flexibility index (Phi) is 6.39. The third-order valence-electron chi connectivity index (χ3n) is 5.13. The Morgan fingerprint density at radius 1 is 0.968 bits per heavy atom. The van der Waals surface area contributed by atoms with Crippen LogP contribution in [0.1, 0.15) is 51.5 Å². The molecule has 0 aliphatic carbocycles. The lowest BCUT2D eigenvalue weighted by molar-refractivity contribution is -0.123. The van der Waals surface area contributed by atoms with Gasteiger partial charge < -0.3 is 14.6 Å². The van der Waals surface area contributed by atoms with E-state index in [1.54, 1.807) is 30.3 Å². The van der Waals surface area contributed by atoms with Crippen LogP contribution >= 0.6 is 0 Å². The summed E-state index contributed by atoms with van der Waals surface area (Å²) in [5, 5.41) is 2.68. The van der Waals surface area contributed by atoms with E-state index in [4.69, 9.17) is 4.74 Å². The van der Waals surface area contributed by atoms with Crippen LogP contribution in [0.2, 0.25) is 0 Å². The van der Waals surface area contributed by atoms with Crippen LogP contribution in [-0.4, -0.2) is 28.3 Å². The van der Waals surface area contributed by atoms with Gasteiger partial charge in [-0.25, -0.2) is 4.79 Å². The maximum atomic E-state index is 12.8. The van der Waals surface area contributed by atoms with Crippen LogP contribution in [0, 0.1) is 20.8 Å². The minimum Gasteiger partial charge on any atom is -0.449 e. The van der Waals surface area contributed by atoms with Gasteiger partial charge in [-0.3, -0.25) is 9.59 Å². The van der Waals surface area contributed by atoms with E-state index in [0.29, 0.717) is 16.8 Å². The molecule has 0 aliphatic heterocycles. The summed E-state index contributed by atoms with van der Waals surface area (Å²) in [4.78, 5) is 36.8. The molecule has 0 saturated heterocycles. The summed E-state index contributed by atoms with van der Waals surface area (Å²) in [6, 6.07) is 16.4. The number of carbonyl (C=O) groups excluding carboxylic acids is 3. The predicted octanol–water partition coefficient (Wildman–Crippen LogP) is 4.79. The molecule has 6 nitrogen and oxygen atoms in total. The summed E-state index contributed by atoms with van der Waals surface area (Å²) >= 11 is 0. The second-order valence-electron chi connectivity index (χ2n) is 7.63. The molecule has 0 unspecified atom stereocenters. The van der Waals surface area contributed by atoms with Crippen molar-refractivity contribution in [2.24, 2.45) is 0 Å². The van der Waals surface area contributed by atoms with E-state index < -0.39 is 18.0 Å². The molecule has 0 fully saturated rings. The quantitative estimate of drug-likeness (QED) is 0.461. The van der Waals surface area contributed by atoms with Gasteiger partial charge in [0.05, 0.1) is 5.56 Å². The number of hydrogen-bond acceptors (Lipinski definition) is 4. The van der Waals surface area contributed by atoms with Gasteiger partial charge in [-0.15, -0.1) is 0 Å². The third-order valence-corrected chi connectivity index (χ3v) is 5.13. The first kappa shape index (κ1) is 22.0. The van der Waals surface area contributed by atoms with Gasteiger partial charge in [0.1, 0.15) is 0 Å². The van der Waals surface area contributed by atoms with Gasteiger partial charge >= 0.3 is 5.97 Å². The first-order valence-corrected chi connectivity index (χ1v) is 10.1. The van der Waals surface area contributed by atoms with Gasteiger partial charge in [0.2, 0.25) is 0 Å². The zero-order valence-corrected chi connectivity index (χ0v) is 18.4. The largest absolute Gasteiger partial charge is 0.449 e. The fourth-order valence-electron chi connectivity index (χ4n) is 3.40. The van der Waals surface area contributed by atoms with Crippen LogP contribution in [0.5, 0.6) is 0 Å². The summed E-state index contributed by atoms with van der Waals surface area (Å²) in [6.45, 7) is 8.76.